The predicted molar refractivity (Wildman–Crippen MR) is 111 cm³/mol. The first-order valence-electron chi connectivity index (χ1n) is 10.9. The Hall–Kier alpha value is -3.35. The third kappa shape index (κ3) is 4.32. The van der Waals surface area contributed by atoms with Crippen molar-refractivity contribution < 1.29 is 28.0 Å². The molecule has 0 aliphatic carbocycles. The van der Waals surface area contributed by atoms with Crippen molar-refractivity contribution in [3.63, 3.8) is 0 Å². The fourth-order valence-electron chi connectivity index (χ4n) is 4.83. The molecule has 0 radical (unpaired) electrons. The molecule has 33 heavy (non-hydrogen) atoms. The van der Waals surface area contributed by atoms with E-state index in [9.17, 15) is 28.0 Å². The molecule has 174 valence electrons. The minimum atomic E-state index is -3.14. The first-order valence-corrected chi connectivity index (χ1v) is 10.9. The number of alkyl halides is 2. The summed E-state index contributed by atoms with van der Waals surface area (Å²) in [4.78, 5) is 52.6. The van der Waals surface area contributed by atoms with Crippen LogP contribution in [-0.4, -0.2) is 57.9 Å². The lowest BCUT2D eigenvalue weighted by molar-refractivity contribution is -0.135. The fourth-order valence-corrected chi connectivity index (χ4v) is 4.83. The van der Waals surface area contributed by atoms with Gasteiger partial charge in [-0.3, -0.25) is 19.2 Å². The Morgan fingerprint density at radius 2 is 2.03 bits per heavy atom. The second kappa shape index (κ2) is 8.54. The highest BCUT2D eigenvalue weighted by Gasteiger charge is 2.50. The van der Waals surface area contributed by atoms with E-state index in [0.29, 0.717) is 18.5 Å². The summed E-state index contributed by atoms with van der Waals surface area (Å²) < 4.78 is 27.4. The van der Waals surface area contributed by atoms with Crippen molar-refractivity contribution in [2.24, 2.45) is 5.92 Å². The summed E-state index contributed by atoms with van der Waals surface area (Å²) in [5, 5.41) is 11.6. The molecule has 3 aliphatic rings. The largest absolute Gasteiger partial charge is 0.344 e. The van der Waals surface area contributed by atoms with Crippen molar-refractivity contribution in [2.45, 2.75) is 63.7 Å². The van der Waals surface area contributed by atoms with Gasteiger partial charge in [-0.2, -0.15) is 5.26 Å². The molecular formula is C23H24F2N4O4. The van der Waals surface area contributed by atoms with Gasteiger partial charge in [-0.1, -0.05) is 25.1 Å². The Balaban J connectivity index is 1.39. The number of hydrogen-bond acceptors (Lipinski definition) is 5. The van der Waals surface area contributed by atoms with Crippen LogP contribution in [0, 0.1) is 17.2 Å². The molecule has 3 atom stereocenters. The first kappa shape index (κ1) is 22.8. The highest BCUT2D eigenvalue weighted by atomic mass is 19.3. The summed E-state index contributed by atoms with van der Waals surface area (Å²) in [6, 6.07) is 4.83. The Labute approximate surface area is 189 Å². The summed E-state index contributed by atoms with van der Waals surface area (Å²) in [5.74, 6) is -5.40. The maximum atomic E-state index is 13.7. The minimum Gasteiger partial charge on any atom is -0.344 e. The molecule has 0 spiro atoms. The maximum absolute atomic E-state index is 13.7. The van der Waals surface area contributed by atoms with Gasteiger partial charge >= 0.3 is 0 Å². The van der Waals surface area contributed by atoms with E-state index in [2.05, 4.69) is 5.32 Å². The average molecular weight is 458 g/mol. The quantitative estimate of drug-likeness (QED) is 0.677. The third-order valence-corrected chi connectivity index (χ3v) is 6.59. The zero-order valence-corrected chi connectivity index (χ0v) is 18.1. The van der Waals surface area contributed by atoms with E-state index in [0.717, 1.165) is 16.0 Å². The molecule has 0 bridgehead atoms. The zero-order chi connectivity index (χ0) is 23.9. The molecule has 8 nitrogen and oxygen atoms in total. The number of rotatable bonds is 5. The monoisotopic (exact) mass is 458 g/mol. The summed E-state index contributed by atoms with van der Waals surface area (Å²) in [7, 11) is 0. The number of benzene rings is 1. The molecule has 1 aromatic carbocycles. The van der Waals surface area contributed by atoms with E-state index in [-0.39, 0.29) is 31.1 Å². The molecular weight excluding hydrogens is 434 g/mol. The van der Waals surface area contributed by atoms with E-state index in [4.69, 9.17) is 5.26 Å². The second-order valence-corrected chi connectivity index (χ2v) is 8.84. The van der Waals surface area contributed by atoms with Gasteiger partial charge in [-0.25, -0.2) is 8.78 Å². The van der Waals surface area contributed by atoms with Crippen LogP contribution in [-0.2, 0) is 27.5 Å². The van der Waals surface area contributed by atoms with Crippen molar-refractivity contribution in [1.82, 2.24) is 15.1 Å². The van der Waals surface area contributed by atoms with Gasteiger partial charge in [-0.05, 0) is 17.5 Å². The Morgan fingerprint density at radius 3 is 2.73 bits per heavy atom. The van der Waals surface area contributed by atoms with Crippen LogP contribution in [0.3, 0.4) is 0 Å². The van der Waals surface area contributed by atoms with Crippen LogP contribution in [0.15, 0.2) is 18.2 Å². The van der Waals surface area contributed by atoms with E-state index in [1.165, 1.54) is 0 Å². The smallest absolute Gasteiger partial charge is 0.268 e. The number of fused-ring (bicyclic) bond motifs is 1. The Kier molecular flexibility index (Phi) is 5.91. The van der Waals surface area contributed by atoms with Gasteiger partial charge in [0.15, 0.2) is 5.78 Å². The molecule has 3 amide bonds. The highest BCUT2D eigenvalue weighted by Crippen LogP contribution is 2.34. The molecule has 3 aliphatic heterocycles. The van der Waals surface area contributed by atoms with Crippen molar-refractivity contribution in [3.8, 4) is 6.07 Å². The predicted octanol–water partition coefficient (Wildman–Crippen LogP) is 1.78. The molecule has 0 aromatic heterocycles. The highest BCUT2D eigenvalue weighted by molar-refractivity contribution is 5.98. The van der Waals surface area contributed by atoms with Crippen LogP contribution in [0.1, 0.15) is 54.1 Å². The van der Waals surface area contributed by atoms with Crippen molar-refractivity contribution in [2.75, 3.05) is 6.54 Å². The number of nitrogens with zero attached hydrogens (tertiary/aromatic N) is 3. The number of nitrogens with one attached hydrogen (secondary N) is 1. The maximum Gasteiger partial charge on any atom is 0.268 e. The number of likely N-dealkylation sites (tertiary alicyclic amines) is 1. The Bertz CT molecular complexity index is 1070. The van der Waals surface area contributed by atoms with Crippen LogP contribution in [0.5, 0.6) is 0 Å². The zero-order valence-electron chi connectivity index (χ0n) is 18.1. The molecule has 4 rings (SSSR count). The van der Waals surface area contributed by atoms with Crippen molar-refractivity contribution >= 4 is 23.5 Å². The van der Waals surface area contributed by atoms with Crippen LogP contribution in [0.25, 0.3) is 0 Å². The molecule has 2 saturated heterocycles. The van der Waals surface area contributed by atoms with Crippen molar-refractivity contribution in [3.05, 3.63) is 34.9 Å². The van der Waals surface area contributed by atoms with Gasteiger partial charge in [0.05, 0.1) is 12.6 Å². The second-order valence-electron chi connectivity index (χ2n) is 8.84. The SMILES string of the molecule is CCC(=O)c1cccc2c1CN(C(=O)C[C@@H]1C[C@@H](C(=O)N3CC(F)(F)C[C@H]3C#N)NC1=O)C2. The van der Waals surface area contributed by atoms with Gasteiger partial charge in [0.2, 0.25) is 17.7 Å². The van der Waals surface area contributed by atoms with Crippen LogP contribution >= 0.6 is 0 Å². The van der Waals surface area contributed by atoms with Crippen LogP contribution in [0.2, 0.25) is 0 Å². The minimum absolute atomic E-state index is 0.000775. The third-order valence-electron chi connectivity index (χ3n) is 6.59. The lowest BCUT2D eigenvalue weighted by Crippen LogP contribution is -2.46. The van der Waals surface area contributed by atoms with Gasteiger partial charge in [0, 0.05) is 43.8 Å². The van der Waals surface area contributed by atoms with Crippen LogP contribution in [0.4, 0.5) is 8.78 Å². The topological polar surface area (TPSA) is 111 Å². The van der Waals surface area contributed by atoms with E-state index in [1.54, 1.807) is 30.0 Å². The number of halogens is 2. The van der Waals surface area contributed by atoms with E-state index in [1.807, 2.05) is 6.07 Å². The fraction of sp³-hybridized carbons (Fsp3) is 0.522. The standard InChI is InChI=1S/C23H24F2N4O4/c1-2-19(30)16-5-3-4-13-10-28(11-17(13)16)20(31)7-14-6-18(27-21(14)32)22(33)29-12-23(24,25)8-15(29)9-26/h3-5,14-15,18H,2,6-8,10-12H2,1H3,(H,27,32)/t14-,15-,18-/m0/s1. The van der Waals surface area contributed by atoms with Crippen LogP contribution < -0.4 is 5.32 Å². The number of nitriles is 1. The number of carbonyl (C=O) groups is 4. The normalized spacial score (nSPS) is 25.5. The van der Waals surface area contributed by atoms with Gasteiger partial charge in [0.25, 0.3) is 5.92 Å². The molecule has 1 aromatic rings. The number of hydrogen-bond donors (Lipinski definition) is 1. The summed E-state index contributed by atoms with van der Waals surface area (Å²) in [5.41, 5.74) is 2.31. The Morgan fingerprint density at radius 1 is 1.27 bits per heavy atom. The molecule has 10 heteroatoms. The number of Topliss-reactive ketones (excluding diaryl/α,β-unsaturated/α-hetero) is 1. The molecule has 0 saturated carbocycles. The number of ketones is 1. The first-order chi connectivity index (χ1) is 15.6. The average Bonchev–Trinajstić information content (AvgIpc) is 3.47. The molecule has 0 unspecified atom stereocenters. The van der Waals surface area contributed by atoms with E-state index < -0.39 is 48.7 Å². The summed E-state index contributed by atoms with van der Waals surface area (Å²) >= 11 is 0. The van der Waals surface area contributed by atoms with Gasteiger partial charge in [0.1, 0.15) is 12.1 Å². The summed E-state index contributed by atoms with van der Waals surface area (Å²) in [6.45, 7) is 1.53. The number of amides is 3. The molecule has 3 heterocycles. The van der Waals surface area contributed by atoms with Gasteiger partial charge < -0.3 is 15.1 Å². The van der Waals surface area contributed by atoms with Gasteiger partial charge in [-0.15, -0.1) is 0 Å². The number of carbonyl (C=O) groups excluding carboxylic acids is 4. The lowest BCUT2D eigenvalue weighted by Gasteiger charge is -2.22. The van der Waals surface area contributed by atoms with E-state index >= 15 is 0 Å². The van der Waals surface area contributed by atoms with Crippen molar-refractivity contribution in [1.29, 1.82) is 5.26 Å². The molecule has 2 fully saturated rings. The molecule has 1 N–H and O–H groups in total. The summed E-state index contributed by atoms with van der Waals surface area (Å²) in [6.07, 6.45) is -0.490. The lowest BCUT2D eigenvalue weighted by atomic mass is 9.99.